The number of benzene rings is 1. The van der Waals surface area contributed by atoms with Gasteiger partial charge in [-0.2, -0.15) is 5.10 Å². The molecule has 0 saturated heterocycles. The van der Waals surface area contributed by atoms with E-state index in [-0.39, 0.29) is 24.0 Å². The Balaban J connectivity index is 0.00000264. The zero-order chi connectivity index (χ0) is 15.8. The van der Waals surface area contributed by atoms with Crippen molar-refractivity contribution in [3.05, 3.63) is 52.3 Å². The molecule has 0 bridgehead atoms. The van der Waals surface area contributed by atoms with Crippen molar-refractivity contribution in [1.82, 2.24) is 20.4 Å². The van der Waals surface area contributed by atoms with Crippen LogP contribution in [0, 0.1) is 6.92 Å². The lowest BCUT2D eigenvalue weighted by Crippen LogP contribution is -2.37. The van der Waals surface area contributed by atoms with Crippen LogP contribution in [0.5, 0.6) is 0 Å². The first-order chi connectivity index (χ1) is 10.7. The molecule has 0 spiro atoms. The minimum atomic E-state index is 0. The van der Waals surface area contributed by atoms with E-state index in [0.717, 1.165) is 36.5 Å². The van der Waals surface area contributed by atoms with Gasteiger partial charge in [-0.25, -0.2) is 0 Å². The van der Waals surface area contributed by atoms with Gasteiger partial charge in [0.05, 0.1) is 0 Å². The van der Waals surface area contributed by atoms with E-state index in [4.69, 9.17) is 0 Å². The smallest absolute Gasteiger partial charge is 0.191 e. The van der Waals surface area contributed by atoms with Crippen molar-refractivity contribution in [2.45, 2.75) is 26.4 Å². The van der Waals surface area contributed by atoms with E-state index < -0.39 is 0 Å². The Labute approximate surface area is 163 Å². The number of hydrogen-bond acceptors (Lipinski definition) is 2. The highest BCUT2D eigenvalue weighted by molar-refractivity contribution is 14.0. The third kappa shape index (κ3) is 6.90. The van der Waals surface area contributed by atoms with Crippen molar-refractivity contribution >= 4 is 45.9 Å². The van der Waals surface area contributed by atoms with E-state index in [1.807, 2.05) is 16.9 Å². The second-order valence-corrected chi connectivity index (χ2v) is 5.96. The van der Waals surface area contributed by atoms with Crippen molar-refractivity contribution < 1.29 is 0 Å². The fourth-order valence-corrected chi connectivity index (χ4v) is 2.61. The molecule has 2 rings (SSSR count). The number of rotatable bonds is 6. The zero-order valence-electron chi connectivity index (χ0n) is 13.4. The number of nitrogens with one attached hydrogen (secondary N) is 2. The molecule has 1 heterocycles. The van der Waals surface area contributed by atoms with Crippen molar-refractivity contribution in [2.24, 2.45) is 4.99 Å². The van der Waals surface area contributed by atoms with E-state index >= 15 is 0 Å². The number of aromatic nitrogens is 2. The van der Waals surface area contributed by atoms with Gasteiger partial charge in [-0.3, -0.25) is 9.67 Å². The minimum absolute atomic E-state index is 0. The maximum absolute atomic E-state index is 4.25. The highest BCUT2D eigenvalue weighted by Gasteiger charge is 2.01. The largest absolute Gasteiger partial charge is 0.356 e. The number of halogens is 2. The van der Waals surface area contributed by atoms with Crippen LogP contribution in [-0.2, 0) is 13.1 Å². The number of guanidine groups is 1. The first-order valence-electron chi connectivity index (χ1n) is 7.36. The summed E-state index contributed by atoms with van der Waals surface area (Å²) in [6, 6.07) is 8.24. The van der Waals surface area contributed by atoms with Crippen LogP contribution < -0.4 is 10.6 Å². The Morgan fingerprint density at radius 3 is 2.83 bits per heavy atom. The summed E-state index contributed by atoms with van der Waals surface area (Å²) in [6.45, 7) is 4.64. The van der Waals surface area contributed by atoms with Crippen LogP contribution in [-0.4, -0.2) is 29.3 Å². The summed E-state index contributed by atoms with van der Waals surface area (Å²) in [5.74, 6) is 0.822. The van der Waals surface area contributed by atoms with Crippen molar-refractivity contribution in [1.29, 1.82) is 0 Å². The van der Waals surface area contributed by atoms with Crippen molar-refractivity contribution in [2.75, 3.05) is 13.6 Å². The summed E-state index contributed by atoms with van der Waals surface area (Å²) in [4.78, 5) is 4.25. The molecule has 2 N–H and O–H groups in total. The molecule has 126 valence electrons. The molecule has 0 aliphatic heterocycles. The maximum atomic E-state index is 4.25. The lowest BCUT2D eigenvalue weighted by molar-refractivity contribution is 0.570. The van der Waals surface area contributed by atoms with E-state index in [1.54, 1.807) is 13.2 Å². The summed E-state index contributed by atoms with van der Waals surface area (Å²) in [6.07, 6.45) is 4.78. The van der Waals surface area contributed by atoms with Crippen molar-refractivity contribution in [3.8, 4) is 0 Å². The van der Waals surface area contributed by atoms with Gasteiger partial charge in [0.15, 0.2) is 5.96 Å². The molecule has 5 nitrogen and oxygen atoms in total. The Morgan fingerprint density at radius 2 is 2.17 bits per heavy atom. The molecule has 0 fully saturated rings. The molecule has 0 radical (unpaired) electrons. The van der Waals surface area contributed by atoms with E-state index in [2.05, 4.69) is 61.8 Å². The first-order valence-corrected chi connectivity index (χ1v) is 8.15. The zero-order valence-corrected chi connectivity index (χ0v) is 17.3. The highest BCUT2D eigenvalue weighted by Crippen LogP contribution is 2.15. The quantitative estimate of drug-likeness (QED) is 0.282. The highest BCUT2D eigenvalue weighted by atomic mass is 127. The molecular weight excluding hydrogens is 469 g/mol. The number of nitrogens with zero attached hydrogens (tertiary/aromatic N) is 3. The fourth-order valence-electron chi connectivity index (χ4n) is 2.14. The Bertz CT molecular complexity index is 613. The summed E-state index contributed by atoms with van der Waals surface area (Å²) in [7, 11) is 1.79. The molecule has 1 aromatic heterocycles. The molecule has 7 heteroatoms. The molecule has 0 saturated carbocycles. The fraction of sp³-hybridized carbons (Fsp3) is 0.375. The summed E-state index contributed by atoms with van der Waals surface area (Å²) >= 11 is 3.48. The second kappa shape index (κ2) is 10.6. The van der Waals surface area contributed by atoms with Gasteiger partial charge in [0.25, 0.3) is 0 Å². The van der Waals surface area contributed by atoms with Gasteiger partial charge in [-0.1, -0.05) is 22.0 Å². The Kier molecular flexibility index (Phi) is 9.23. The topological polar surface area (TPSA) is 54.2 Å². The predicted octanol–water partition coefficient (Wildman–Crippen LogP) is 3.33. The molecule has 2 aromatic rings. The van der Waals surface area contributed by atoms with E-state index in [1.165, 1.54) is 11.1 Å². The average molecular weight is 492 g/mol. The third-order valence-corrected chi connectivity index (χ3v) is 3.88. The van der Waals surface area contributed by atoms with Gasteiger partial charge in [-0.05, 0) is 42.7 Å². The molecular formula is C16H23BrIN5. The SMILES string of the molecule is CN=C(NCCCn1cccn1)NCc1ccc(Br)cc1C.I. The lowest BCUT2D eigenvalue weighted by Gasteiger charge is -2.13. The predicted molar refractivity (Wildman–Crippen MR) is 109 cm³/mol. The van der Waals surface area contributed by atoms with E-state index in [0.29, 0.717) is 0 Å². The molecule has 0 aliphatic rings. The standard InChI is InChI=1S/C16H22BrN5.HI/c1-13-11-15(17)6-5-14(13)12-20-16(18-2)19-7-3-9-22-10-4-8-21-22;/h4-6,8,10-11H,3,7,9,12H2,1-2H3,(H2,18,19,20);1H. The molecule has 0 atom stereocenters. The van der Waals surface area contributed by atoms with Crippen LogP contribution in [0.25, 0.3) is 0 Å². The molecule has 0 unspecified atom stereocenters. The minimum Gasteiger partial charge on any atom is -0.356 e. The molecule has 0 amide bonds. The van der Waals surface area contributed by atoms with E-state index in [9.17, 15) is 0 Å². The molecule has 1 aromatic carbocycles. The second-order valence-electron chi connectivity index (χ2n) is 5.05. The normalized spacial score (nSPS) is 11.0. The van der Waals surface area contributed by atoms with Gasteiger partial charge < -0.3 is 10.6 Å². The Hall–Kier alpha value is -1.09. The van der Waals surface area contributed by atoms with Crippen LogP contribution in [0.1, 0.15) is 17.5 Å². The Morgan fingerprint density at radius 1 is 1.35 bits per heavy atom. The van der Waals surface area contributed by atoms with Crippen molar-refractivity contribution in [3.63, 3.8) is 0 Å². The van der Waals surface area contributed by atoms with Crippen LogP contribution in [0.2, 0.25) is 0 Å². The van der Waals surface area contributed by atoms with Gasteiger partial charge in [0.2, 0.25) is 0 Å². The van der Waals surface area contributed by atoms with Gasteiger partial charge in [0, 0.05) is 43.5 Å². The lowest BCUT2D eigenvalue weighted by atomic mass is 10.1. The van der Waals surface area contributed by atoms with Gasteiger partial charge >= 0.3 is 0 Å². The van der Waals surface area contributed by atoms with Crippen LogP contribution in [0.3, 0.4) is 0 Å². The number of aliphatic imine (C=N–C) groups is 1. The molecule has 23 heavy (non-hydrogen) atoms. The number of hydrogen-bond donors (Lipinski definition) is 2. The summed E-state index contributed by atoms with van der Waals surface area (Å²) < 4.78 is 3.04. The summed E-state index contributed by atoms with van der Waals surface area (Å²) in [5, 5.41) is 10.8. The first kappa shape index (κ1) is 20.0. The van der Waals surface area contributed by atoms with Crippen LogP contribution >= 0.6 is 39.9 Å². The summed E-state index contributed by atoms with van der Waals surface area (Å²) in [5.41, 5.74) is 2.53. The third-order valence-electron chi connectivity index (χ3n) is 3.39. The molecule has 0 aliphatic carbocycles. The monoisotopic (exact) mass is 491 g/mol. The number of aryl methyl sites for hydroxylation is 2. The van der Waals surface area contributed by atoms with Gasteiger partial charge in [-0.15, -0.1) is 24.0 Å². The van der Waals surface area contributed by atoms with Crippen LogP contribution in [0.15, 0.2) is 46.1 Å². The maximum Gasteiger partial charge on any atom is 0.191 e. The average Bonchev–Trinajstić information content (AvgIpc) is 3.01. The van der Waals surface area contributed by atoms with Gasteiger partial charge in [0.1, 0.15) is 0 Å². The van der Waals surface area contributed by atoms with Crippen LogP contribution in [0.4, 0.5) is 0 Å².